The normalized spacial score (nSPS) is 10.5. The minimum atomic E-state index is -0.164. The predicted octanol–water partition coefficient (Wildman–Crippen LogP) is 2.80. The molecule has 1 amide bonds. The highest BCUT2D eigenvalue weighted by Gasteiger charge is 2.14. The predicted molar refractivity (Wildman–Crippen MR) is 109 cm³/mol. The molecule has 3 N–H and O–H groups in total. The molecule has 0 saturated heterocycles. The second-order valence-electron chi connectivity index (χ2n) is 5.70. The summed E-state index contributed by atoms with van der Waals surface area (Å²) in [5.74, 6) is 8.09. The average molecular weight is 399 g/mol. The number of aromatic nitrogens is 3. The van der Waals surface area contributed by atoms with Crippen molar-refractivity contribution >= 4 is 23.4 Å². The molecule has 0 spiro atoms. The Bertz CT molecular complexity index is 926. The maximum Gasteiger partial charge on any atom is 0.234 e. The highest BCUT2D eigenvalue weighted by Crippen LogP contribution is 2.24. The maximum atomic E-state index is 12.2. The maximum absolute atomic E-state index is 12.2. The van der Waals surface area contributed by atoms with Crippen LogP contribution in [0.15, 0.2) is 53.7 Å². The molecule has 1 heterocycles. The van der Waals surface area contributed by atoms with Gasteiger partial charge in [-0.3, -0.25) is 4.79 Å². The summed E-state index contributed by atoms with van der Waals surface area (Å²) in [5, 5.41) is 11.5. The molecule has 9 heteroatoms. The molecule has 0 aliphatic rings. The molecule has 0 aliphatic heterocycles. The van der Waals surface area contributed by atoms with Gasteiger partial charge in [-0.15, -0.1) is 10.2 Å². The van der Waals surface area contributed by atoms with Gasteiger partial charge in [-0.05, 0) is 55.5 Å². The number of hydrogen-bond donors (Lipinski definition) is 2. The summed E-state index contributed by atoms with van der Waals surface area (Å²) < 4.78 is 11.9. The molecule has 3 rings (SSSR count). The van der Waals surface area contributed by atoms with Crippen molar-refractivity contribution in [3.63, 3.8) is 0 Å². The van der Waals surface area contributed by atoms with Crippen LogP contribution >= 0.6 is 11.8 Å². The van der Waals surface area contributed by atoms with Crippen molar-refractivity contribution in [3.8, 4) is 22.9 Å². The van der Waals surface area contributed by atoms with Crippen LogP contribution in [0.2, 0.25) is 0 Å². The number of anilines is 1. The van der Waals surface area contributed by atoms with Gasteiger partial charge in [0.05, 0.1) is 19.5 Å². The van der Waals surface area contributed by atoms with E-state index in [0.717, 1.165) is 17.1 Å². The van der Waals surface area contributed by atoms with Gasteiger partial charge < -0.3 is 20.6 Å². The van der Waals surface area contributed by atoms with E-state index in [2.05, 4.69) is 15.5 Å². The quantitative estimate of drug-likeness (QED) is 0.443. The highest BCUT2D eigenvalue weighted by molar-refractivity contribution is 7.99. The molecule has 0 radical (unpaired) electrons. The Kier molecular flexibility index (Phi) is 6.38. The van der Waals surface area contributed by atoms with E-state index in [1.807, 2.05) is 43.3 Å². The number of carbonyl (C=O) groups is 1. The molecule has 1 aromatic heterocycles. The van der Waals surface area contributed by atoms with Crippen LogP contribution in [0, 0.1) is 0 Å². The molecule has 0 aliphatic carbocycles. The summed E-state index contributed by atoms with van der Waals surface area (Å²) in [6.45, 7) is 2.52. The fraction of sp³-hybridized carbons (Fsp3) is 0.211. The van der Waals surface area contributed by atoms with Crippen molar-refractivity contribution in [2.24, 2.45) is 0 Å². The van der Waals surface area contributed by atoms with Crippen molar-refractivity contribution < 1.29 is 14.3 Å². The standard InChI is InChI=1S/C19H21N5O3S/c1-3-27-16-10-6-14(7-11-16)21-17(25)12-28-19-23-22-18(24(19)20)13-4-8-15(26-2)9-5-13/h4-11H,3,12,20H2,1-2H3,(H,21,25). The first-order chi connectivity index (χ1) is 13.6. The zero-order valence-corrected chi connectivity index (χ0v) is 16.4. The van der Waals surface area contributed by atoms with Gasteiger partial charge in [-0.1, -0.05) is 11.8 Å². The topological polar surface area (TPSA) is 104 Å². The number of nitrogens with zero attached hydrogens (tertiary/aromatic N) is 3. The van der Waals surface area contributed by atoms with Crippen LogP contribution in [0.3, 0.4) is 0 Å². The van der Waals surface area contributed by atoms with Crippen LogP contribution in [0.5, 0.6) is 11.5 Å². The van der Waals surface area contributed by atoms with Crippen molar-refractivity contribution in [1.29, 1.82) is 0 Å². The van der Waals surface area contributed by atoms with Gasteiger partial charge in [-0.2, -0.15) is 0 Å². The minimum Gasteiger partial charge on any atom is -0.497 e. The molecule has 146 valence electrons. The number of benzene rings is 2. The van der Waals surface area contributed by atoms with Crippen LogP contribution in [-0.2, 0) is 4.79 Å². The van der Waals surface area contributed by atoms with Crippen LogP contribution < -0.4 is 20.6 Å². The molecule has 2 aromatic carbocycles. The first kappa shape index (κ1) is 19.6. The minimum absolute atomic E-state index is 0.158. The molecule has 0 unspecified atom stereocenters. The van der Waals surface area contributed by atoms with E-state index >= 15 is 0 Å². The first-order valence-corrected chi connectivity index (χ1v) is 9.59. The van der Waals surface area contributed by atoms with E-state index in [4.69, 9.17) is 15.3 Å². The molecule has 8 nitrogen and oxygen atoms in total. The third kappa shape index (κ3) is 4.74. The lowest BCUT2D eigenvalue weighted by molar-refractivity contribution is -0.113. The lowest BCUT2D eigenvalue weighted by atomic mass is 10.2. The Labute approximate surface area is 167 Å². The number of amides is 1. The zero-order valence-electron chi connectivity index (χ0n) is 15.6. The van der Waals surface area contributed by atoms with E-state index in [-0.39, 0.29) is 11.7 Å². The monoisotopic (exact) mass is 399 g/mol. The van der Waals surface area contributed by atoms with Crippen LogP contribution in [0.25, 0.3) is 11.4 Å². The number of nitrogen functional groups attached to an aromatic ring is 1. The van der Waals surface area contributed by atoms with Crippen molar-refractivity contribution in [2.45, 2.75) is 12.1 Å². The van der Waals surface area contributed by atoms with Gasteiger partial charge in [0, 0.05) is 11.3 Å². The summed E-state index contributed by atoms with van der Waals surface area (Å²) in [5.41, 5.74) is 1.50. The van der Waals surface area contributed by atoms with E-state index in [0.29, 0.717) is 23.3 Å². The van der Waals surface area contributed by atoms with Crippen molar-refractivity contribution in [2.75, 3.05) is 30.6 Å². The molecular weight excluding hydrogens is 378 g/mol. The number of rotatable bonds is 8. The fourth-order valence-corrected chi connectivity index (χ4v) is 3.10. The number of methoxy groups -OCH3 is 1. The Morgan fingerprint density at radius 1 is 1.11 bits per heavy atom. The van der Waals surface area contributed by atoms with E-state index in [1.165, 1.54) is 16.4 Å². The Morgan fingerprint density at radius 2 is 1.79 bits per heavy atom. The number of hydrogen-bond acceptors (Lipinski definition) is 7. The summed E-state index contributed by atoms with van der Waals surface area (Å²) in [6.07, 6.45) is 0. The molecule has 28 heavy (non-hydrogen) atoms. The van der Waals surface area contributed by atoms with E-state index in [9.17, 15) is 4.79 Å². The van der Waals surface area contributed by atoms with Gasteiger partial charge in [0.2, 0.25) is 11.1 Å². The average Bonchev–Trinajstić information content (AvgIpc) is 3.08. The van der Waals surface area contributed by atoms with Crippen molar-refractivity contribution in [1.82, 2.24) is 14.9 Å². The third-order valence-electron chi connectivity index (χ3n) is 3.79. The second kappa shape index (κ2) is 9.14. The fourth-order valence-electron chi connectivity index (χ4n) is 2.44. The molecule has 0 atom stereocenters. The number of nitrogens with two attached hydrogens (primary N) is 1. The molecule has 0 fully saturated rings. The Morgan fingerprint density at radius 3 is 2.43 bits per heavy atom. The van der Waals surface area contributed by atoms with E-state index in [1.54, 1.807) is 19.2 Å². The highest BCUT2D eigenvalue weighted by atomic mass is 32.2. The summed E-state index contributed by atoms with van der Waals surface area (Å²) >= 11 is 1.21. The zero-order chi connectivity index (χ0) is 19.9. The lowest BCUT2D eigenvalue weighted by Crippen LogP contribution is -2.16. The summed E-state index contributed by atoms with van der Waals surface area (Å²) in [7, 11) is 1.60. The van der Waals surface area contributed by atoms with Gasteiger partial charge in [-0.25, -0.2) is 4.68 Å². The smallest absolute Gasteiger partial charge is 0.234 e. The van der Waals surface area contributed by atoms with Gasteiger partial charge in [0.15, 0.2) is 5.82 Å². The SMILES string of the molecule is CCOc1ccc(NC(=O)CSc2nnc(-c3ccc(OC)cc3)n2N)cc1. The van der Waals surface area contributed by atoms with Crippen molar-refractivity contribution in [3.05, 3.63) is 48.5 Å². The summed E-state index contributed by atoms with van der Waals surface area (Å²) in [6, 6.07) is 14.5. The van der Waals surface area contributed by atoms with Gasteiger partial charge in [0.1, 0.15) is 11.5 Å². The van der Waals surface area contributed by atoms with Gasteiger partial charge in [0.25, 0.3) is 0 Å². The van der Waals surface area contributed by atoms with Gasteiger partial charge >= 0.3 is 0 Å². The van der Waals surface area contributed by atoms with Crippen LogP contribution in [0.1, 0.15) is 6.92 Å². The molecule has 0 bridgehead atoms. The second-order valence-corrected chi connectivity index (χ2v) is 6.64. The number of ether oxygens (including phenoxy) is 2. The number of nitrogens with one attached hydrogen (secondary N) is 1. The largest absolute Gasteiger partial charge is 0.497 e. The Balaban J connectivity index is 1.58. The number of carbonyl (C=O) groups excluding carboxylic acids is 1. The molecule has 0 saturated carbocycles. The van der Waals surface area contributed by atoms with Crippen LogP contribution in [-0.4, -0.2) is 40.3 Å². The molecule has 3 aromatic rings. The summed E-state index contributed by atoms with van der Waals surface area (Å²) in [4.78, 5) is 12.2. The first-order valence-electron chi connectivity index (χ1n) is 8.61. The lowest BCUT2D eigenvalue weighted by Gasteiger charge is -2.07. The Hall–Kier alpha value is -3.20. The van der Waals surface area contributed by atoms with Crippen LogP contribution in [0.4, 0.5) is 5.69 Å². The third-order valence-corrected chi connectivity index (χ3v) is 4.74. The number of thioether (sulfide) groups is 1. The van der Waals surface area contributed by atoms with E-state index < -0.39 is 0 Å². The molecular formula is C19H21N5O3S.